The van der Waals surface area contributed by atoms with Gasteiger partial charge in [-0.05, 0) is 37.3 Å². The summed E-state index contributed by atoms with van der Waals surface area (Å²) in [5.41, 5.74) is 3.87. The molecule has 3 atom stereocenters. The molecule has 0 spiro atoms. The Morgan fingerprint density at radius 2 is 2.10 bits per heavy atom. The van der Waals surface area contributed by atoms with Crippen molar-refractivity contribution < 1.29 is 4.79 Å². The number of pyridine rings is 1. The number of nitrogens with two attached hydrogens (primary N) is 1. The van der Waals surface area contributed by atoms with Gasteiger partial charge in [0.1, 0.15) is 5.82 Å². The molecule has 0 saturated heterocycles. The zero-order valence-corrected chi connectivity index (χ0v) is 12.4. The van der Waals surface area contributed by atoms with Crippen LogP contribution in [0.4, 0.5) is 5.82 Å². The topological polar surface area (TPSA) is 80.0 Å². The molecule has 2 rings (SSSR count). The van der Waals surface area contributed by atoms with Crippen molar-refractivity contribution in [3.63, 3.8) is 0 Å². The summed E-state index contributed by atoms with van der Waals surface area (Å²) in [6.45, 7) is 6.33. The predicted octanol–water partition coefficient (Wildman–Crippen LogP) is 2.23. The van der Waals surface area contributed by atoms with Crippen LogP contribution in [0.1, 0.15) is 49.2 Å². The van der Waals surface area contributed by atoms with Gasteiger partial charge in [-0.1, -0.05) is 26.7 Å². The summed E-state index contributed by atoms with van der Waals surface area (Å²) in [5, 5.41) is 3.16. The van der Waals surface area contributed by atoms with Crippen LogP contribution in [-0.4, -0.2) is 16.9 Å². The number of carbonyl (C=O) groups excluding carboxylic acids is 1. The number of amides is 1. The van der Waals surface area contributed by atoms with Crippen molar-refractivity contribution in [3.05, 3.63) is 23.4 Å². The number of hydrazine groups is 1. The van der Waals surface area contributed by atoms with Gasteiger partial charge in [0.25, 0.3) is 5.91 Å². The Balaban J connectivity index is 2.09. The maximum Gasteiger partial charge on any atom is 0.251 e. The Kier molecular flexibility index (Phi) is 4.60. The molecular weight excluding hydrogens is 252 g/mol. The lowest BCUT2D eigenvalue weighted by Gasteiger charge is -2.34. The average molecular weight is 276 g/mol. The van der Waals surface area contributed by atoms with Gasteiger partial charge in [0.15, 0.2) is 0 Å². The molecule has 4 N–H and O–H groups in total. The first kappa shape index (κ1) is 14.8. The van der Waals surface area contributed by atoms with E-state index >= 15 is 0 Å². The molecule has 0 radical (unpaired) electrons. The number of nitrogen functional groups attached to an aromatic ring is 1. The molecule has 1 saturated carbocycles. The molecule has 1 heterocycles. The van der Waals surface area contributed by atoms with Gasteiger partial charge < -0.3 is 10.7 Å². The van der Waals surface area contributed by atoms with Crippen LogP contribution in [0.3, 0.4) is 0 Å². The fourth-order valence-electron chi connectivity index (χ4n) is 2.91. The summed E-state index contributed by atoms with van der Waals surface area (Å²) in [4.78, 5) is 16.6. The van der Waals surface area contributed by atoms with E-state index in [0.29, 0.717) is 23.2 Å². The number of nitrogens with zero attached hydrogens (tertiary/aromatic N) is 1. The van der Waals surface area contributed by atoms with Crippen molar-refractivity contribution in [2.75, 3.05) is 5.43 Å². The minimum absolute atomic E-state index is 0.0436. The minimum Gasteiger partial charge on any atom is -0.349 e. The van der Waals surface area contributed by atoms with E-state index in [4.69, 9.17) is 5.84 Å². The second-order valence-electron chi connectivity index (χ2n) is 5.87. The monoisotopic (exact) mass is 276 g/mol. The van der Waals surface area contributed by atoms with E-state index in [0.717, 1.165) is 12.1 Å². The van der Waals surface area contributed by atoms with Crippen LogP contribution in [-0.2, 0) is 0 Å². The van der Waals surface area contributed by atoms with Crippen molar-refractivity contribution in [1.29, 1.82) is 0 Å². The number of nitrogens with one attached hydrogen (secondary N) is 2. The Bertz CT molecular complexity index is 489. The first-order valence-electron chi connectivity index (χ1n) is 7.27. The Morgan fingerprint density at radius 1 is 1.35 bits per heavy atom. The van der Waals surface area contributed by atoms with Crippen LogP contribution in [0.5, 0.6) is 0 Å². The molecule has 0 bridgehead atoms. The molecule has 110 valence electrons. The molecule has 1 aliphatic rings. The molecule has 1 aromatic heterocycles. The van der Waals surface area contributed by atoms with Crippen molar-refractivity contribution in [1.82, 2.24) is 10.3 Å². The standard InChI is InChI=1S/C15H24N4O/c1-9-5-4-6-13(11(9)3)18-15(20)12-7-10(2)17-14(8-12)19-16/h7-9,11,13H,4-6,16H2,1-3H3,(H,17,19)(H,18,20). The van der Waals surface area contributed by atoms with Gasteiger partial charge in [-0.25, -0.2) is 10.8 Å². The first-order valence-corrected chi connectivity index (χ1v) is 7.27. The van der Waals surface area contributed by atoms with E-state index in [-0.39, 0.29) is 11.9 Å². The van der Waals surface area contributed by atoms with E-state index < -0.39 is 0 Å². The lowest BCUT2D eigenvalue weighted by molar-refractivity contribution is 0.0891. The summed E-state index contributed by atoms with van der Waals surface area (Å²) >= 11 is 0. The van der Waals surface area contributed by atoms with Crippen LogP contribution in [0.25, 0.3) is 0 Å². The minimum atomic E-state index is -0.0436. The smallest absolute Gasteiger partial charge is 0.251 e. The van der Waals surface area contributed by atoms with Crippen LogP contribution in [0.15, 0.2) is 12.1 Å². The quantitative estimate of drug-likeness (QED) is 0.584. The normalized spacial score (nSPS) is 26.1. The maximum absolute atomic E-state index is 12.4. The summed E-state index contributed by atoms with van der Waals surface area (Å²) in [6.07, 6.45) is 3.49. The van der Waals surface area contributed by atoms with Crippen molar-refractivity contribution >= 4 is 11.7 Å². The number of anilines is 1. The lowest BCUT2D eigenvalue weighted by atomic mass is 9.78. The summed E-state index contributed by atoms with van der Waals surface area (Å²) < 4.78 is 0. The van der Waals surface area contributed by atoms with Crippen LogP contribution in [0.2, 0.25) is 0 Å². The second kappa shape index (κ2) is 6.22. The average Bonchev–Trinajstić information content (AvgIpc) is 2.43. The van der Waals surface area contributed by atoms with E-state index in [1.54, 1.807) is 12.1 Å². The molecule has 1 aromatic rings. The molecule has 0 aliphatic heterocycles. The van der Waals surface area contributed by atoms with E-state index in [1.807, 2.05) is 6.92 Å². The number of hydrogen-bond donors (Lipinski definition) is 3. The largest absolute Gasteiger partial charge is 0.349 e. The van der Waals surface area contributed by atoms with E-state index in [9.17, 15) is 4.79 Å². The highest BCUT2D eigenvalue weighted by molar-refractivity contribution is 5.95. The Morgan fingerprint density at radius 3 is 2.80 bits per heavy atom. The van der Waals surface area contributed by atoms with E-state index in [2.05, 4.69) is 29.6 Å². The zero-order valence-electron chi connectivity index (χ0n) is 12.4. The fraction of sp³-hybridized carbons (Fsp3) is 0.600. The molecule has 0 aromatic carbocycles. The number of rotatable bonds is 3. The van der Waals surface area contributed by atoms with E-state index in [1.165, 1.54) is 12.8 Å². The molecular formula is C15H24N4O. The van der Waals surface area contributed by atoms with Gasteiger partial charge in [-0.3, -0.25) is 4.79 Å². The van der Waals surface area contributed by atoms with Crippen LogP contribution in [0, 0.1) is 18.8 Å². The molecule has 1 fully saturated rings. The highest BCUT2D eigenvalue weighted by Gasteiger charge is 2.28. The number of hydrogen-bond acceptors (Lipinski definition) is 4. The van der Waals surface area contributed by atoms with Gasteiger partial charge >= 0.3 is 0 Å². The molecule has 3 unspecified atom stereocenters. The lowest BCUT2D eigenvalue weighted by Crippen LogP contribution is -2.43. The van der Waals surface area contributed by atoms with Crippen molar-refractivity contribution in [2.24, 2.45) is 17.7 Å². The van der Waals surface area contributed by atoms with Gasteiger partial charge in [0, 0.05) is 17.3 Å². The highest BCUT2D eigenvalue weighted by Crippen LogP contribution is 2.29. The first-order chi connectivity index (χ1) is 9.51. The molecule has 5 heteroatoms. The maximum atomic E-state index is 12.4. The Hall–Kier alpha value is -1.62. The molecule has 20 heavy (non-hydrogen) atoms. The SMILES string of the molecule is Cc1cc(C(=O)NC2CCCC(C)C2C)cc(NN)n1. The third-order valence-electron chi connectivity index (χ3n) is 4.39. The number of carbonyl (C=O) groups is 1. The van der Waals surface area contributed by atoms with Gasteiger partial charge in [0.2, 0.25) is 0 Å². The molecule has 1 aliphatic carbocycles. The number of aromatic nitrogens is 1. The van der Waals surface area contributed by atoms with Gasteiger partial charge in [0.05, 0.1) is 0 Å². The fourth-order valence-corrected chi connectivity index (χ4v) is 2.91. The van der Waals surface area contributed by atoms with Crippen molar-refractivity contribution in [2.45, 2.75) is 46.1 Å². The predicted molar refractivity (Wildman–Crippen MR) is 80.2 cm³/mol. The van der Waals surface area contributed by atoms with Gasteiger partial charge in [-0.2, -0.15) is 0 Å². The summed E-state index contributed by atoms with van der Waals surface area (Å²) in [5.74, 6) is 7.02. The highest BCUT2D eigenvalue weighted by atomic mass is 16.1. The third kappa shape index (κ3) is 3.28. The zero-order chi connectivity index (χ0) is 14.7. The Labute approximate surface area is 120 Å². The van der Waals surface area contributed by atoms with Gasteiger partial charge in [-0.15, -0.1) is 0 Å². The number of aryl methyl sites for hydroxylation is 1. The third-order valence-corrected chi connectivity index (χ3v) is 4.39. The van der Waals surface area contributed by atoms with Crippen LogP contribution >= 0.6 is 0 Å². The second-order valence-corrected chi connectivity index (χ2v) is 5.87. The summed E-state index contributed by atoms with van der Waals surface area (Å²) in [7, 11) is 0. The molecule has 5 nitrogen and oxygen atoms in total. The van der Waals surface area contributed by atoms with Crippen LogP contribution < -0.4 is 16.6 Å². The molecule has 1 amide bonds. The summed E-state index contributed by atoms with van der Waals surface area (Å²) in [6, 6.07) is 3.72. The van der Waals surface area contributed by atoms with Crippen molar-refractivity contribution in [3.8, 4) is 0 Å².